The first-order valence-corrected chi connectivity index (χ1v) is 5.80. The molecular weight excluding hydrogens is 270 g/mol. The van der Waals surface area contributed by atoms with E-state index in [2.05, 4.69) is 20.9 Å². The first-order chi connectivity index (χ1) is 7.72. The van der Waals surface area contributed by atoms with Crippen LogP contribution in [0.3, 0.4) is 0 Å². The molecule has 84 valence electrons. The fourth-order valence-electron chi connectivity index (χ4n) is 1.56. The Hall–Kier alpha value is -1.13. The van der Waals surface area contributed by atoms with Crippen molar-refractivity contribution in [1.82, 2.24) is 4.98 Å². The van der Waals surface area contributed by atoms with Crippen molar-refractivity contribution in [2.45, 2.75) is 6.92 Å². The van der Waals surface area contributed by atoms with E-state index >= 15 is 0 Å². The maximum Gasteiger partial charge on any atom is 0.128 e. The smallest absolute Gasteiger partial charge is 0.128 e. The van der Waals surface area contributed by atoms with E-state index in [1.807, 2.05) is 25.1 Å². The third-order valence-electron chi connectivity index (χ3n) is 2.29. The van der Waals surface area contributed by atoms with Crippen molar-refractivity contribution in [3.8, 4) is 5.75 Å². The number of hydrogen-bond donors (Lipinski definition) is 1. The second-order valence-electron chi connectivity index (χ2n) is 3.49. The van der Waals surface area contributed by atoms with E-state index in [0.717, 1.165) is 26.7 Å². The number of rotatable bonds is 3. The molecule has 1 N–H and O–H groups in total. The lowest BCUT2D eigenvalue weighted by atomic mass is 10.1. The Morgan fingerprint density at radius 3 is 2.94 bits per heavy atom. The van der Waals surface area contributed by atoms with Gasteiger partial charge in [0.05, 0.1) is 6.61 Å². The van der Waals surface area contributed by atoms with Crippen molar-refractivity contribution in [1.29, 1.82) is 0 Å². The van der Waals surface area contributed by atoms with Crippen LogP contribution in [0.2, 0.25) is 0 Å². The van der Waals surface area contributed by atoms with Gasteiger partial charge in [-0.15, -0.1) is 0 Å². The van der Waals surface area contributed by atoms with Gasteiger partial charge in [0.2, 0.25) is 0 Å². The van der Waals surface area contributed by atoms with Crippen LogP contribution in [0.25, 0.3) is 10.8 Å². The molecule has 2 aromatic rings. The molecule has 0 aliphatic carbocycles. The van der Waals surface area contributed by atoms with Gasteiger partial charge in [-0.25, -0.2) is 0 Å². The molecule has 3 nitrogen and oxygen atoms in total. The molecule has 1 aromatic carbocycles. The molecule has 1 heterocycles. The lowest BCUT2D eigenvalue weighted by molar-refractivity contribution is 0.203. The number of nitrogens with zero attached hydrogens (tertiary/aromatic N) is 1. The number of benzene rings is 1. The molecule has 2 rings (SSSR count). The molecule has 4 heteroatoms. The van der Waals surface area contributed by atoms with Crippen molar-refractivity contribution in [3.63, 3.8) is 0 Å². The lowest BCUT2D eigenvalue weighted by Gasteiger charge is -2.09. The molecule has 16 heavy (non-hydrogen) atoms. The van der Waals surface area contributed by atoms with Crippen molar-refractivity contribution >= 4 is 26.7 Å². The summed E-state index contributed by atoms with van der Waals surface area (Å²) in [6.45, 7) is 2.26. The highest BCUT2D eigenvalue weighted by Gasteiger charge is 2.06. The number of aliphatic hydroxyl groups is 1. The van der Waals surface area contributed by atoms with Crippen LogP contribution >= 0.6 is 15.9 Å². The number of ether oxygens (including phenoxy) is 1. The summed E-state index contributed by atoms with van der Waals surface area (Å²) >= 11 is 3.50. The number of pyridine rings is 1. The van der Waals surface area contributed by atoms with E-state index in [1.165, 1.54) is 0 Å². The summed E-state index contributed by atoms with van der Waals surface area (Å²) in [5, 5.41) is 10.8. The lowest BCUT2D eigenvalue weighted by Crippen LogP contribution is -2.02. The average molecular weight is 282 g/mol. The van der Waals surface area contributed by atoms with Crippen LogP contribution in [-0.4, -0.2) is 23.3 Å². The predicted octanol–water partition coefficient (Wildman–Crippen LogP) is 2.68. The summed E-state index contributed by atoms with van der Waals surface area (Å²) < 4.78 is 6.47. The maximum atomic E-state index is 8.75. The van der Waals surface area contributed by atoms with Crippen LogP contribution in [0.1, 0.15) is 5.69 Å². The fourth-order valence-corrected chi connectivity index (χ4v) is 2.02. The van der Waals surface area contributed by atoms with E-state index in [9.17, 15) is 0 Å². The SMILES string of the molecule is Cc1cc2c(Br)ccc(OCCO)c2cn1. The van der Waals surface area contributed by atoms with Gasteiger partial charge >= 0.3 is 0 Å². The standard InChI is InChI=1S/C12H12BrNO2/c1-8-6-9-10(7-14-8)12(16-5-4-15)3-2-11(9)13/h2-3,6-7,15H,4-5H2,1H3. The molecule has 0 bridgehead atoms. The molecule has 0 saturated heterocycles. The molecule has 0 atom stereocenters. The normalized spacial score (nSPS) is 10.7. The fraction of sp³-hybridized carbons (Fsp3) is 0.250. The molecular formula is C12H12BrNO2. The van der Waals surface area contributed by atoms with Crippen molar-refractivity contribution in [2.24, 2.45) is 0 Å². The monoisotopic (exact) mass is 281 g/mol. The third kappa shape index (κ3) is 2.18. The zero-order valence-electron chi connectivity index (χ0n) is 8.90. The van der Waals surface area contributed by atoms with Crippen molar-refractivity contribution < 1.29 is 9.84 Å². The largest absolute Gasteiger partial charge is 0.490 e. The molecule has 0 saturated carbocycles. The van der Waals surface area contributed by atoms with Crippen molar-refractivity contribution in [3.05, 3.63) is 34.6 Å². The third-order valence-corrected chi connectivity index (χ3v) is 2.98. The van der Waals surface area contributed by atoms with Crippen LogP contribution in [0, 0.1) is 6.92 Å². The molecule has 0 aliphatic heterocycles. The molecule has 0 aliphatic rings. The van der Waals surface area contributed by atoms with Gasteiger partial charge in [0, 0.05) is 27.1 Å². The average Bonchev–Trinajstić information content (AvgIpc) is 2.29. The van der Waals surface area contributed by atoms with Crippen LogP contribution in [0.4, 0.5) is 0 Å². The van der Waals surface area contributed by atoms with Crippen molar-refractivity contribution in [2.75, 3.05) is 13.2 Å². The Bertz CT molecular complexity index is 514. The van der Waals surface area contributed by atoms with Gasteiger partial charge in [-0.3, -0.25) is 4.98 Å². The molecule has 0 amide bonds. The van der Waals surface area contributed by atoms with Gasteiger partial charge in [-0.1, -0.05) is 15.9 Å². The molecule has 0 unspecified atom stereocenters. The van der Waals surface area contributed by atoms with Gasteiger partial charge in [-0.2, -0.15) is 0 Å². The first kappa shape index (κ1) is 11.4. The molecule has 0 spiro atoms. The Kier molecular flexibility index (Phi) is 3.41. The summed E-state index contributed by atoms with van der Waals surface area (Å²) in [4.78, 5) is 4.25. The minimum absolute atomic E-state index is 0.0108. The molecule has 0 radical (unpaired) electrons. The summed E-state index contributed by atoms with van der Waals surface area (Å²) in [7, 11) is 0. The highest BCUT2D eigenvalue weighted by molar-refractivity contribution is 9.10. The number of aliphatic hydroxyl groups excluding tert-OH is 1. The number of aryl methyl sites for hydroxylation is 1. The Labute approximate surface area is 102 Å². The minimum atomic E-state index is 0.0108. The van der Waals surface area contributed by atoms with E-state index in [4.69, 9.17) is 9.84 Å². The van der Waals surface area contributed by atoms with Gasteiger partial charge < -0.3 is 9.84 Å². The minimum Gasteiger partial charge on any atom is -0.490 e. The Morgan fingerprint density at radius 1 is 1.38 bits per heavy atom. The second kappa shape index (κ2) is 4.80. The number of hydrogen-bond acceptors (Lipinski definition) is 3. The van der Waals surface area contributed by atoms with Gasteiger partial charge in [-0.05, 0) is 25.1 Å². The summed E-state index contributed by atoms with van der Waals surface area (Å²) in [5.41, 5.74) is 0.965. The number of aromatic nitrogens is 1. The van der Waals surface area contributed by atoms with Gasteiger partial charge in [0.1, 0.15) is 12.4 Å². The topological polar surface area (TPSA) is 42.4 Å². The van der Waals surface area contributed by atoms with Gasteiger partial charge in [0.25, 0.3) is 0 Å². The second-order valence-corrected chi connectivity index (χ2v) is 4.34. The summed E-state index contributed by atoms with van der Waals surface area (Å²) in [5.74, 6) is 0.750. The number of halogens is 1. The zero-order chi connectivity index (χ0) is 11.5. The van der Waals surface area contributed by atoms with Gasteiger partial charge in [0.15, 0.2) is 0 Å². The molecule has 0 fully saturated rings. The Balaban J connectivity index is 2.55. The van der Waals surface area contributed by atoms with Crippen LogP contribution in [0.15, 0.2) is 28.9 Å². The van der Waals surface area contributed by atoms with Crippen LogP contribution in [0.5, 0.6) is 5.75 Å². The Morgan fingerprint density at radius 2 is 2.19 bits per heavy atom. The summed E-state index contributed by atoms with van der Waals surface area (Å²) in [6, 6.07) is 5.82. The summed E-state index contributed by atoms with van der Waals surface area (Å²) in [6.07, 6.45) is 1.79. The molecule has 1 aromatic heterocycles. The maximum absolute atomic E-state index is 8.75. The van der Waals surface area contributed by atoms with Crippen LogP contribution < -0.4 is 4.74 Å². The zero-order valence-corrected chi connectivity index (χ0v) is 10.5. The predicted molar refractivity (Wildman–Crippen MR) is 66.8 cm³/mol. The van der Waals surface area contributed by atoms with E-state index < -0.39 is 0 Å². The first-order valence-electron chi connectivity index (χ1n) is 5.01. The highest BCUT2D eigenvalue weighted by Crippen LogP contribution is 2.31. The quantitative estimate of drug-likeness (QED) is 0.941. The van der Waals surface area contributed by atoms with E-state index in [-0.39, 0.29) is 6.61 Å². The van der Waals surface area contributed by atoms with E-state index in [1.54, 1.807) is 6.20 Å². The highest BCUT2D eigenvalue weighted by atomic mass is 79.9. The van der Waals surface area contributed by atoms with E-state index in [0.29, 0.717) is 6.61 Å². The van der Waals surface area contributed by atoms with Crippen LogP contribution in [-0.2, 0) is 0 Å². The number of fused-ring (bicyclic) bond motifs is 1.